The van der Waals surface area contributed by atoms with E-state index in [1.54, 1.807) is 24.3 Å². The molecular formula is C18H14N4O6S. The van der Waals surface area contributed by atoms with E-state index in [4.69, 9.17) is 0 Å². The summed E-state index contributed by atoms with van der Waals surface area (Å²) >= 11 is 0. The van der Waals surface area contributed by atoms with Gasteiger partial charge in [0, 0.05) is 22.9 Å². The summed E-state index contributed by atoms with van der Waals surface area (Å²) in [5, 5.41) is 29.2. The zero-order valence-electron chi connectivity index (χ0n) is 14.9. The number of nitrogens with zero attached hydrogens (tertiary/aromatic N) is 3. The second kappa shape index (κ2) is 7.64. The quantitative estimate of drug-likeness (QED) is 0.281. The topological polar surface area (TPSA) is 151 Å². The highest BCUT2D eigenvalue weighted by atomic mass is 32.2. The number of rotatable bonds is 5. The SMILES string of the molecule is CS(=O)(=O)Nc1cc(N=NC(=O)c2cccc([N+](=O)[O-])c2)c(O)c2ccccc12. The number of azo groups is 1. The summed E-state index contributed by atoms with van der Waals surface area (Å²) in [4.78, 5) is 22.4. The van der Waals surface area contributed by atoms with Crippen molar-refractivity contribution in [2.75, 3.05) is 11.0 Å². The first-order valence-electron chi connectivity index (χ1n) is 8.09. The second-order valence-electron chi connectivity index (χ2n) is 6.02. The van der Waals surface area contributed by atoms with Crippen molar-refractivity contribution in [1.82, 2.24) is 0 Å². The van der Waals surface area contributed by atoms with Gasteiger partial charge in [0.05, 0.1) is 22.4 Å². The smallest absolute Gasteiger partial charge is 0.295 e. The number of phenols is 1. The van der Waals surface area contributed by atoms with Gasteiger partial charge in [-0.15, -0.1) is 10.2 Å². The van der Waals surface area contributed by atoms with E-state index in [1.165, 1.54) is 24.3 Å². The number of carbonyl (C=O) groups excluding carboxylic acids is 1. The first-order chi connectivity index (χ1) is 13.7. The third-order valence-corrected chi connectivity index (χ3v) is 4.43. The molecule has 1 amide bonds. The number of benzene rings is 3. The molecule has 0 aromatic heterocycles. The molecule has 148 valence electrons. The van der Waals surface area contributed by atoms with Crippen molar-refractivity contribution in [3.05, 3.63) is 70.3 Å². The van der Waals surface area contributed by atoms with Crippen molar-refractivity contribution >= 4 is 43.8 Å². The van der Waals surface area contributed by atoms with Crippen LogP contribution in [0.3, 0.4) is 0 Å². The Morgan fingerprint density at radius 1 is 1.10 bits per heavy atom. The van der Waals surface area contributed by atoms with Gasteiger partial charge in [0.2, 0.25) is 10.0 Å². The molecule has 11 heteroatoms. The Balaban J connectivity index is 2.03. The highest BCUT2D eigenvalue weighted by Crippen LogP contribution is 2.40. The fourth-order valence-corrected chi connectivity index (χ4v) is 3.18. The second-order valence-corrected chi connectivity index (χ2v) is 7.77. The van der Waals surface area contributed by atoms with E-state index in [2.05, 4.69) is 15.0 Å². The molecule has 0 radical (unpaired) electrons. The molecule has 0 aliphatic carbocycles. The van der Waals surface area contributed by atoms with Gasteiger partial charge in [-0.1, -0.05) is 30.3 Å². The van der Waals surface area contributed by atoms with Gasteiger partial charge in [-0.05, 0) is 12.1 Å². The van der Waals surface area contributed by atoms with Crippen LogP contribution in [0.5, 0.6) is 5.75 Å². The molecule has 3 aromatic rings. The summed E-state index contributed by atoms with van der Waals surface area (Å²) in [6.45, 7) is 0. The van der Waals surface area contributed by atoms with E-state index in [0.29, 0.717) is 10.8 Å². The summed E-state index contributed by atoms with van der Waals surface area (Å²) in [5.74, 6) is -1.16. The van der Waals surface area contributed by atoms with E-state index in [9.17, 15) is 28.4 Å². The van der Waals surface area contributed by atoms with Crippen molar-refractivity contribution in [3.8, 4) is 5.75 Å². The number of amides is 1. The molecule has 0 aliphatic rings. The lowest BCUT2D eigenvalue weighted by molar-refractivity contribution is -0.384. The van der Waals surface area contributed by atoms with Crippen molar-refractivity contribution < 1.29 is 23.2 Å². The summed E-state index contributed by atoms with van der Waals surface area (Å²) in [5.41, 5.74) is -0.330. The Hall–Kier alpha value is -3.86. The monoisotopic (exact) mass is 414 g/mol. The maximum absolute atomic E-state index is 12.2. The lowest BCUT2D eigenvalue weighted by Crippen LogP contribution is -2.09. The van der Waals surface area contributed by atoms with Crippen LogP contribution >= 0.6 is 0 Å². The van der Waals surface area contributed by atoms with Crippen LogP contribution in [-0.2, 0) is 10.0 Å². The molecule has 0 bridgehead atoms. The van der Waals surface area contributed by atoms with Gasteiger partial charge in [0.25, 0.3) is 11.6 Å². The predicted molar refractivity (Wildman–Crippen MR) is 106 cm³/mol. The number of nitro groups is 1. The van der Waals surface area contributed by atoms with Crippen LogP contribution in [0.25, 0.3) is 10.8 Å². The van der Waals surface area contributed by atoms with E-state index in [-0.39, 0.29) is 28.4 Å². The number of hydrogen-bond acceptors (Lipinski definition) is 7. The van der Waals surface area contributed by atoms with Gasteiger partial charge >= 0.3 is 0 Å². The van der Waals surface area contributed by atoms with Crippen molar-refractivity contribution in [1.29, 1.82) is 0 Å². The van der Waals surface area contributed by atoms with Gasteiger partial charge in [-0.3, -0.25) is 19.6 Å². The van der Waals surface area contributed by atoms with Crippen molar-refractivity contribution in [2.24, 2.45) is 10.2 Å². The molecule has 10 nitrogen and oxygen atoms in total. The van der Waals surface area contributed by atoms with Crippen molar-refractivity contribution in [2.45, 2.75) is 0 Å². The van der Waals surface area contributed by atoms with Gasteiger partial charge in [-0.25, -0.2) is 8.42 Å². The first-order valence-corrected chi connectivity index (χ1v) is 9.98. The number of phenolic OH excluding ortho intramolecular Hbond substituents is 1. The fraction of sp³-hybridized carbons (Fsp3) is 0.0556. The number of sulfonamides is 1. The van der Waals surface area contributed by atoms with E-state index in [0.717, 1.165) is 12.3 Å². The summed E-state index contributed by atoms with van der Waals surface area (Å²) < 4.78 is 25.6. The van der Waals surface area contributed by atoms with Crippen LogP contribution in [0.15, 0.2) is 64.8 Å². The number of fused-ring (bicyclic) bond motifs is 1. The predicted octanol–water partition coefficient (Wildman–Crippen LogP) is 3.75. The van der Waals surface area contributed by atoms with Gasteiger partial charge < -0.3 is 5.11 Å². The third kappa shape index (κ3) is 4.52. The Labute approximate surface area is 164 Å². The maximum atomic E-state index is 12.2. The number of nitrogens with one attached hydrogen (secondary N) is 1. The van der Waals surface area contributed by atoms with Crippen LogP contribution in [0.1, 0.15) is 10.4 Å². The molecule has 0 fully saturated rings. The van der Waals surface area contributed by atoms with Crippen LogP contribution in [0.4, 0.5) is 17.1 Å². The Morgan fingerprint density at radius 2 is 1.79 bits per heavy atom. The lowest BCUT2D eigenvalue weighted by Gasteiger charge is -2.11. The average Bonchev–Trinajstić information content (AvgIpc) is 2.68. The molecule has 0 saturated heterocycles. The number of hydrogen-bond donors (Lipinski definition) is 2. The Bertz CT molecular complexity index is 1270. The number of non-ortho nitro benzene ring substituents is 1. The molecule has 0 spiro atoms. The molecule has 3 rings (SSSR count). The minimum atomic E-state index is -3.62. The zero-order chi connectivity index (χ0) is 21.2. The summed E-state index contributed by atoms with van der Waals surface area (Å²) in [6, 6.07) is 12.7. The van der Waals surface area contributed by atoms with Crippen LogP contribution in [-0.4, -0.2) is 30.6 Å². The van der Waals surface area contributed by atoms with Gasteiger partial charge in [0.15, 0.2) is 5.75 Å². The van der Waals surface area contributed by atoms with Crippen LogP contribution in [0.2, 0.25) is 0 Å². The molecule has 0 unspecified atom stereocenters. The van der Waals surface area contributed by atoms with E-state index in [1.807, 2.05) is 0 Å². The molecule has 0 saturated carbocycles. The standard InChI is InChI=1S/C18H14N4O6S/c1-29(27,28)21-15-10-16(17(23)14-8-3-2-7-13(14)15)19-20-18(24)11-5-4-6-12(9-11)22(25)26/h2-10,21,23H,1H3. The van der Waals surface area contributed by atoms with Gasteiger partial charge in [0.1, 0.15) is 5.69 Å². The zero-order valence-corrected chi connectivity index (χ0v) is 15.8. The van der Waals surface area contributed by atoms with Gasteiger partial charge in [-0.2, -0.15) is 0 Å². The number of nitro benzene ring substituents is 1. The fourth-order valence-electron chi connectivity index (χ4n) is 2.62. The minimum absolute atomic E-state index is 0.0577. The van der Waals surface area contributed by atoms with Crippen LogP contribution in [0, 0.1) is 10.1 Å². The lowest BCUT2D eigenvalue weighted by atomic mass is 10.1. The van der Waals surface area contributed by atoms with E-state index >= 15 is 0 Å². The van der Waals surface area contributed by atoms with E-state index < -0.39 is 20.9 Å². The molecule has 3 aromatic carbocycles. The highest BCUT2D eigenvalue weighted by Gasteiger charge is 2.15. The molecule has 0 aliphatic heterocycles. The summed E-state index contributed by atoms with van der Waals surface area (Å²) in [6.07, 6.45) is 0.974. The molecular weight excluding hydrogens is 400 g/mol. The number of anilines is 1. The molecule has 0 heterocycles. The molecule has 2 N–H and O–H groups in total. The third-order valence-electron chi connectivity index (χ3n) is 3.84. The summed E-state index contributed by atoms with van der Waals surface area (Å²) in [7, 11) is -3.62. The molecule has 29 heavy (non-hydrogen) atoms. The number of carbonyl (C=O) groups is 1. The molecule has 0 atom stereocenters. The first kappa shape index (κ1) is 19.9. The minimum Gasteiger partial charge on any atom is -0.505 e. The van der Waals surface area contributed by atoms with Crippen LogP contribution < -0.4 is 4.72 Å². The average molecular weight is 414 g/mol. The number of aromatic hydroxyl groups is 1. The maximum Gasteiger partial charge on any atom is 0.295 e. The Morgan fingerprint density at radius 3 is 2.45 bits per heavy atom. The largest absolute Gasteiger partial charge is 0.505 e. The Kier molecular flexibility index (Phi) is 5.24. The normalized spacial score (nSPS) is 11.6. The van der Waals surface area contributed by atoms with Crippen molar-refractivity contribution in [3.63, 3.8) is 0 Å². The highest BCUT2D eigenvalue weighted by molar-refractivity contribution is 7.92.